The molecule has 0 bridgehead atoms. The molecule has 1 heterocycles. The van der Waals surface area contributed by atoms with E-state index in [1.165, 1.54) is 12.0 Å². The lowest BCUT2D eigenvalue weighted by molar-refractivity contribution is 0.0177. The van der Waals surface area contributed by atoms with E-state index < -0.39 is 0 Å². The van der Waals surface area contributed by atoms with Gasteiger partial charge >= 0.3 is 0 Å². The molecule has 1 saturated heterocycles. The van der Waals surface area contributed by atoms with Crippen molar-refractivity contribution in [2.45, 2.75) is 32.7 Å². The van der Waals surface area contributed by atoms with Gasteiger partial charge < -0.3 is 4.74 Å². The number of morpholine rings is 1. The molecule has 0 aromatic heterocycles. The van der Waals surface area contributed by atoms with Gasteiger partial charge in [0.2, 0.25) is 0 Å². The van der Waals surface area contributed by atoms with Crippen molar-refractivity contribution < 1.29 is 4.74 Å². The van der Waals surface area contributed by atoms with Gasteiger partial charge in [0, 0.05) is 24.5 Å². The lowest BCUT2D eigenvalue weighted by atomic mass is 9.82. The van der Waals surface area contributed by atoms with Crippen molar-refractivity contribution in [1.82, 2.24) is 4.90 Å². The third-order valence-corrected chi connectivity index (χ3v) is 4.43. The van der Waals surface area contributed by atoms with Gasteiger partial charge in [0.15, 0.2) is 0 Å². The van der Waals surface area contributed by atoms with Crippen molar-refractivity contribution in [1.29, 1.82) is 0 Å². The van der Waals surface area contributed by atoms with E-state index in [4.69, 9.17) is 4.74 Å². The van der Waals surface area contributed by atoms with E-state index in [1.807, 2.05) is 0 Å². The van der Waals surface area contributed by atoms with E-state index >= 15 is 0 Å². The Morgan fingerprint density at radius 1 is 1.29 bits per heavy atom. The van der Waals surface area contributed by atoms with Gasteiger partial charge in [-0.3, -0.25) is 4.90 Å². The summed E-state index contributed by atoms with van der Waals surface area (Å²) in [4.78, 5) is 2.62. The lowest BCUT2D eigenvalue weighted by Crippen LogP contribution is -2.45. The second-order valence-electron chi connectivity index (χ2n) is 6.61. The molecule has 0 aromatic rings. The zero-order valence-corrected chi connectivity index (χ0v) is 11.2. The molecule has 3 rings (SSSR count). The standard InChI is InChI=1S/C15H23NO/c1-14(2,3)12-4-5-15(11-13(15)10-12)16-6-8-17-9-7-16/h4-5,10,13H,6-9,11H2,1-3H3. The molecule has 3 aliphatic rings. The maximum atomic E-state index is 5.45. The van der Waals surface area contributed by atoms with Crippen molar-refractivity contribution in [3.63, 3.8) is 0 Å². The fourth-order valence-corrected chi connectivity index (χ4v) is 3.14. The quantitative estimate of drug-likeness (QED) is 0.690. The van der Waals surface area contributed by atoms with Crippen molar-refractivity contribution in [3.8, 4) is 0 Å². The second kappa shape index (κ2) is 3.69. The molecule has 2 fully saturated rings. The summed E-state index contributed by atoms with van der Waals surface area (Å²) in [6.07, 6.45) is 8.64. The number of fused-ring (bicyclic) bond motifs is 1. The van der Waals surface area contributed by atoms with Crippen LogP contribution in [0.4, 0.5) is 0 Å². The van der Waals surface area contributed by atoms with Crippen molar-refractivity contribution in [3.05, 3.63) is 23.8 Å². The topological polar surface area (TPSA) is 12.5 Å². The lowest BCUT2D eigenvalue weighted by Gasteiger charge is -2.36. The average Bonchev–Trinajstić information content (AvgIpc) is 3.03. The molecule has 0 radical (unpaired) electrons. The Morgan fingerprint density at radius 3 is 2.59 bits per heavy atom. The van der Waals surface area contributed by atoms with Crippen LogP contribution in [0, 0.1) is 11.3 Å². The molecule has 0 N–H and O–H groups in total. The van der Waals surface area contributed by atoms with E-state index in [2.05, 4.69) is 43.9 Å². The highest BCUT2D eigenvalue weighted by molar-refractivity contribution is 5.42. The van der Waals surface area contributed by atoms with Crippen LogP contribution in [0.25, 0.3) is 0 Å². The fourth-order valence-electron chi connectivity index (χ4n) is 3.14. The molecule has 2 unspecified atom stereocenters. The van der Waals surface area contributed by atoms with Crippen molar-refractivity contribution >= 4 is 0 Å². The van der Waals surface area contributed by atoms with Crippen molar-refractivity contribution in [2.24, 2.45) is 11.3 Å². The molecule has 1 aliphatic heterocycles. The van der Waals surface area contributed by atoms with Crippen LogP contribution in [0.15, 0.2) is 23.8 Å². The number of ether oxygens (including phenoxy) is 1. The molecule has 2 aliphatic carbocycles. The highest BCUT2D eigenvalue weighted by atomic mass is 16.5. The first-order chi connectivity index (χ1) is 8.02. The van der Waals surface area contributed by atoms with Crippen LogP contribution in [-0.4, -0.2) is 36.7 Å². The van der Waals surface area contributed by atoms with Gasteiger partial charge in [0.1, 0.15) is 0 Å². The fraction of sp³-hybridized carbons (Fsp3) is 0.733. The normalized spacial score (nSPS) is 37.6. The Morgan fingerprint density at radius 2 is 2.00 bits per heavy atom. The summed E-state index contributed by atoms with van der Waals surface area (Å²) in [6.45, 7) is 10.9. The summed E-state index contributed by atoms with van der Waals surface area (Å²) < 4.78 is 5.45. The van der Waals surface area contributed by atoms with Crippen LogP contribution in [0.5, 0.6) is 0 Å². The molecule has 0 spiro atoms. The molecule has 94 valence electrons. The second-order valence-corrected chi connectivity index (χ2v) is 6.61. The van der Waals surface area contributed by atoms with Crippen LogP contribution in [-0.2, 0) is 4.74 Å². The summed E-state index contributed by atoms with van der Waals surface area (Å²) in [6, 6.07) is 0. The molecule has 0 aromatic carbocycles. The maximum absolute atomic E-state index is 5.45. The third-order valence-electron chi connectivity index (χ3n) is 4.43. The molecule has 2 nitrogen and oxygen atoms in total. The van der Waals surface area contributed by atoms with Crippen molar-refractivity contribution in [2.75, 3.05) is 26.3 Å². The number of hydrogen-bond acceptors (Lipinski definition) is 2. The molecule has 2 heteroatoms. The van der Waals surface area contributed by atoms with E-state index in [9.17, 15) is 0 Å². The first-order valence-electron chi connectivity index (χ1n) is 6.77. The first-order valence-corrected chi connectivity index (χ1v) is 6.77. The Labute approximate surface area is 104 Å². The predicted molar refractivity (Wildman–Crippen MR) is 69.9 cm³/mol. The molecular formula is C15H23NO. The Balaban J connectivity index is 1.76. The van der Waals surface area contributed by atoms with Gasteiger partial charge in [-0.25, -0.2) is 0 Å². The van der Waals surface area contributed by atoms with Gasteiger partial charge in [-0.2, -0.15) is 0 Å². The van der Waals surface area contributed by atoms with Gasteiger partial charge in [-0.05, 0) is 17.4 Å². The number of hydrogen-bond donors (Lipinski definition) is 0. The summed E-state index contributed by atoms with van der Waals surface area (Å²) in [5.41, 5.74) is 2.15. The van der Waals surface area contributed by atoms with E-state index in [0.29, 0.717) is 5.54 Å². The molecule has 2 atom stereocenters. The monoisotopic (exact) mass is 233 g/mol. The summed E-state index contributed by atoms with van der Waals surface area (Å²) in [7, 11) is 0. The highest BCUT2D eigenvalue weighted by Crippen LogP contribution is 2.54. The highest BCUT2D eigenvalue weighted by Gasteiger charge is 2.56. The zero-order chi connectivity index (χ0) is 12.1. The van der Waals surface area contributed by atoms with Crippen LogP contribution in [0.3, 0.4) is 0 Å². The van der Waals surface area contributed by atoms with Gasteiger partial charge in [-0.1, -0.05) is 39.0 Å². The van der Waals surface area contributed by atoms with Gasteiger partial charge in [0.05, 0.1) is 13.2 Å². The Bertz CT molecular complexity index is 371. The molecule has 0 amide bonds. The van der Waals surface area contributed by atoms with Gasteiger partial charge in [-0.15, -0.1) is 0 Å². The van der Waals surface area contributed by atoms with Gasteiger partial charge in [0.25, 0.3) is 0 Å². The minimum absolute atomic E-state index is 0.288. The Kier molecular flexibility index (Phi) is 2.50. The number of nitrogens with zero attached hydrogens (tertiary/aromatic N) is 1. The smallest absolute Gasteiger partial charge is 0.0594 e. The molecule has 1 saturated carbocycles. The average molecular weight is 233 g/mol. The number of rotatable bonds is 1. The maximum Gasteiger partial charge on any atom is 0.0594 e. The number of allylic oxidation sites excluding steroid dienone is 2. The summed E-state index contributed by atoms with van der Waals surface area (Å²) >= 11 is 0. The summed E-state index contributed by atoms with van der Waals surface area (Å²) in [5, 5.41) is 0. The van der Waals surface area contributed by atoms with Crippen LogP contribution >= 0.6 is 0 Å². The molecule has 17 heavy (non-hydrogen) atoms. The SMILES string of the molecule is CC(C)(C)C1=CC2CC2(N2CCOCC2)C=C1. The summed E-state index contributed by atoms with van der Waals surface area (Å²) in [5.74, 6) is 0.750. The Hall–Kier alpha value is -0.600. The minimum atomic E-state index is 0.288. The molecular weight excluding hydrogens is 210 g/mol. The first kappa shape index (κ1) is 11.5. The van der Waals surface area contributed by atoms with E-state index in [0.717, 1.165) is 32.2 Å². The van der Waals surface area contributed by atoms with E-state index in [-0.39, 0.29) is 5.41 Å². The predicted octanol–water partition coefficient (Wildman–Crippen LogP) is 2.62. The van der Waals surface area contributed by atoms with E-state index in [1.54, 1.807) is 0 Å². The van der Waals surface area contributed by atoms with Crippen LogP contribution in [0.2, 0.25) is 0 Å². The zero-order valence-electron chi connectivity index (χ0n) is 11.2. The largest absolute Gasteiger partial charge is 0.379 e. The van der Waals surface area contributed by atoms with Crippen LogP contribution in [0.1, 0.15) is 27.2 Å². The third kappa shape index (κ3) is 1.88. The van der Waals surface area contributed by atoms with Crippen LogP contribution < -0.4 is 0 Å². The minimum Gasteiger partial charge on any atom is -0.379 e.